The highest BCUT2D eigenvalue weighted by atomic mass is 35.5. The van der Waals surface area contributed by atoms with Crippen molar-refractivity contribution < 1.29 is 0 Å². The Hall–Kier alpha value is -1.19. The van der Waals surface area contributed by atoms with Crippen molar-refractivity contribution in [3.8, 4) is 5.69 Å². The molecule has 88 valence electrons. The molecule has 0 saturated heterocycles. The molecule has 1 aromatic heterocycles. The molecule has 2 rings (SSSR count). The molecule has 0 aliphatic rings. The molecular formula is C11H15Cl2N3. The van der Waals surface area contributed by atoms with Crippen molar-refractivity contribution in [3.63, 3.8) is 0 Å². The van der Waals surface area contributed by atoms with E-state index in [1.165, 1.54) is 0 Å². The third-order valence-corrected chi connectivity index (χ3v) is 2.12. The molecule has 0 spiro atoms. The van der Waals surface area contributed by atoms with Crippen molar-refractivity contribution in [1.29, 1.82) is 0 Å². The fourth-order valence-electron chi connectivity index (χ4n) is 1.55. The summed E-state index contributed by atoms with van der Waals surface area (Å²) in [5, 5.41) is 4.38. The van der Waals surface area contributed by atoms with Gasteiger partial charge in [-0.15, -0.1) is 24.8 Å². The van der Waals surface area contributed by atoms with E-state index in [9.17, 15) is 0 Å². The Bertz CT molecular complexity index is 466. The van der Waals surface area contributed by atoms with Crippen molar-refractivity contribution in [1.82, 2.24) is 9.78 Å². The van der Waals surface area contributed by atoms with Crippen molar-refractivity contribution in [2.75, 3.05) is 5.73 Å². The van der Waals surface area contributed by atoms with Crippen molar-refractivity contribution in [3.05, 3.63) is 41.7 Å². The number of anilines is 1. The van der Waals surface area contributed by atoms with Crippen LogP contribution >= 0.6 is 24.8 Å². The van der Waals surface area contributed by atoms with E-state index >= 15 is 0 Å². The zero-order valence-electron chi connectivity index (χ0n) is 9.18. The summed E-state index contributed by atoms with van der Waals surface area (Å²) in [6.07, 6.45) is 0. The second kappa shape index (κ2) is 5.77. The van der Waals surface area contributed by atoms with Gasteiger partial charge >= 0.3 is 0 Å². The quantitative estimate of drug-likeness (QED) is 0.801. The highest BCUT2D eigenvalue weighted by Crippen LogP contribution is 2.14. The van der Waals surface area contributed by atoms with Crippen LogP contribution in [-0.2, 0) is 0 Å². The molecule has 2 aromatic rings. The van der Waals surface area contributed by atoms with Crippen LogP contribution in [0.3, 0.4) is 0 Å². The topological polar surface area (TPSA) is 43.8 Å². The number of rotatable bonds is 1. The summed E-state index contributed by atoms with van der Waals surface area (Å²) in [6.45, 7) is 4.01. The van der Waals surface area contributed by atoms with Gasteiger partial charge in [0.25, 0.3) is 0 Å². The number of hydrogen-bond acceptors (Lipinski definition) is 2. The summed E-state index contributed by atoms with van der Waals surface area (Å²) in [4.78, 5) is 0. The first-order valence-electron chi connectivity index (χ1n) is 4.56. The lowest BCUT2D eigenvalue weighted by atomic mass is 10.3. The van der Waals surface area contributed by atoms with E-state index in [-0.39, 0.29) is 24.8 Å². The molecule has 0 amide bonds. The number of aromatic nitrogens is 2. The molecule has 2 N–H and O–H groups in total. The SMILES string of the molecule is Cc1cc(C)n(-c2cccc(N)c2)n1.Cl.Cl. The lowest BCUT2D eigenvalue weighted by molar-refractivity contribution is 0.834. The average molecular weight is 260 g/mol. The van der Waals surface area contributed by atoms with Crippen molar-refractivity contribution in [2.24, 2.45) is 0 Å². The average Bonchev–Trinajstić information content (AvgIpc) is 2.45. The minimum absolute atomic E-state index is 0. The maximum Gasteiger partial charge on any atom is 0.0669 e. The van der Waals surface area contributed by atoms with Gasteiger partial charge in [0.15, 0.2) is 0 Å². The van der Waals surface area contributed by atoms with E-state index in [0.29, 0.717) is 0 Å². The molecule has 0 aliphatic heterocycles. The number of benzene rings is 1. The summed E-state index contributed by atoms with van der Waals surface area (Å²) in [5.41, 5.74) is 9.62. The van der Waals surface area contributed by atoms with Crippen LogP contribution in [-0.4, -0.2) is 9.78 Å². The highest BCUT2D eigenvalue weighted by molar-refractivity contribution is 5.85. The van der Waals surface area contributed by atoms with E-state index in [0.717, 1.165) is 22.8 Å². The van der Waals surface area contributed by atoms with Crippen LogP contribution < -0.4 is 5.73 Å². The normalized spacial score (nSPS) is 9.12. The largest absolute Gasteiger partial charge is 0.399 e. The molecule has 16 heavy (non-hydrogen) atoms. The van der Waals surface area contributed by atoms with Gasteiger partial charge in [-0.1, -0.05) is 6.07 Å². The van der Waals surface area contributed by atoms with Gasteiger partial charge in [0.1, 0.15) is 0 Å². The van der Waals surface area contributed by atoms with Gasteiger partial charge in [-0.3, -0.25) is 0 Å². The van der Waals surface area contributed by atoms with Crippen LogP contribution in [0, 0.1) is 13.8 Å². The Labute approximate surface area is 107 Å². The molecule has 0 atom stereocenters. The number of nitrogen functional groups attached to an aromatic ring is 1. The Balaban J connectivity index is 0.00000112. The molecule has 0 aliphatic carbocycles. The molecule has 1 heterocycles. The first kappa shape index (κ1) is 14.8. The van der Waals surface area contributed by atoms with Gasteiger partial charge in [0.2, 0.25) is 0 Å². The molecule has 0 unspecified atom stereocenters. The van der Waals surface area contributed by atoms with Crippen LogP contribution in [0.25, 0.3) is 5.69 Å². The van der Waals surface area contributed by atoms with Gasteiger partial charge in [-0.05, 0) is 38.1 Å². The third kappa shape index (κ3) is 2.90. The third-order valence-electron chi connectivity index (χ3n) is 2.12. The fourth-order valence-corrected chi connectivity index (χ4v) is 1.55. The Kier molecular flexibility index (Phi) is 5.35. The number of nitrogens with two attached hydrogens (primary N) is 1. The number of hydrogen-bond donors (Lipinski definition) is 1. The van der Waals surface area contributed by atoms with Crippen molar-refractivity contribution >= 4 is 30.5 Å². The van der Waals surface area contributed by atoms with E-state index in [4.69, 9.17) is 5.73 Å². The first-order chi connectivity index (χ1) is 6.66. The van der Waals surface area contributed by atoms with Crippen LogP contribution in [0.4, 0.5) is 5.69 Å². The number of halogens is 2. The van der Waals surface area contributed by atoms with E-state index < -0.39 is 0 Å². The van der Waals surface area contributed by atoms with Crippen LogP contribution in [0.15, 0.2) is 30.3 Å². The van der Waals surface area contributed by atoms with Crippen LogP contribution in [0.2, 0.25) is 0 Å². The Morgan fingerprint density at radius 1 is 1.12 bits per heavy atom. The minimum Gasteiger partial charge on any atom is -0.399 e. The highest BCUT2D eigenvalue weighted by Gasteiger charge is 2.02. The molecule has 5 heteroatoms. The lowest BCUT2D eigenvalue weighted by Crippen LogP contribution is -1.99. The summed E-state index contributed by atoms with van der Waals surface area (Å²) >= 11 is 0. The summed E-state index contributed by atoms with van der Waals surface area (Å²) in [5.74, 6) is 0. The molecule has 3 nitrogen and oxygen atoms in total. The Morgan fingerprint density at radius 2 is 1.81 bits per heavy atom. The predicted octanol–water partition coefficient (Wildman–Crippen LogP) is 2.91. The van der Waals surface area contributed by atoms with Gasteiger partial charge in [-0.2, -0.15) is 5.10 Å². The van der Waals surface area contributed by atoms with Gasteiger partial charge < -0.3 is 5.73 Å². The first-order valence-corrected chi connectivity index (χ1v) is 4.56. The zero-order chi connectivity index (χ0) is 10.1. The molecule has 0 bridgehead atoms. The maximum absolute atomic E-state index is 5.71. The number of nitrogens with zero attached hydrogens (tertiary/aromatic N) is 2. The maximum atomic E-state index is 5.71. The minimum atomic E-state index is 0. The molecule has 1 aromatic carbocycles. The molecular weight excluding hydrogens is 245 g/mol. The van der Waals surface area contributed by atoms with Gasteiger partial charge in [-0.25, -0.2) is 4.68 Å². The van der Waals surface area contributed by atoms with E-state index in [1.807, 2.05) is 48.9 Å². The van der Waals surface area contributed by atoms with E-state index in [1.54, 1.807) is 0 Å². The zero-order valence-corrected chi connectivity index (χ0v) is 10.8. The number of aryl methyl sites for hydroxylation is 2. The Morgan fingerprint density at radius 3 is 2.31 bits per heavy atom. The van der Waals surface area contributed by atoms with E-state index in [2.05, 4.69) is 5.10 Å². The van der Waals surface area contributed by atoms with Crippen LogP contribution in [0.1, 0.15) is 11.4 Å². The monoisotopic (exact) mass is 259 g/mol. The predicted molar refractivity (Wildman–Crippen MR) is 71.9 cm³/mol. The smallest absolute Gasteiger partial charge is 0.0669 e. The van der Waals surface area contributed by atoms with Crippen LogP contribution in [0.5, 0.6) is 0 Å². The lowest BCUT2D eigenvalue weighted by Gasteiger charge is -2.04. The summed E-state index contributed by atoms with van der Waals surface area (Å²) in [7, 11) is 0. The summed E-state index contributed by atoms with van der Waals surface area (Å²) < 4.78 is 1.89. The summed E-state index contributed by atoms with van der Waals surface area (Å²) in [6, 6.07) is 9.76. The van der Waals surface area contributed by atoms with Crippen molar-refractivity contribution in [2.45, 2.75) is 13.8 Å². The molecule has 0 saturated carbocycles. The molecule has 0 radical (unpaired) electrons. The second-order valence-electron chi connectivity index (χ2n) is 3.43. The fraction of sp³-hybridized carbons (Fsp3) is 0.182. The molecule has 0 fully saturated rings. The van der Waals surface area contributed by atoms with Gasteiger partial charge in [0.05, 0.1) is 11.4 Å². The van der Waals surface area contributed by atoms with Gasteiger partial charge in [0, 0.05) is 11.4 Å². The second-order valence-corrected chi connectivity index (χ2v) is 3.43. The standard InChI is InChI=1S/C11H13N3.2ClH/c1-8-6-9(2)14(13-8)11-5-3-4-10(12)7-11;;/h3-7H,12H2,1-2H3;2*1H.